The monoisotopic (exact) mass is 234 g/mol. The molecule has 0 fully saturated rings. The van der Waals surface area contributed by atoms with Gasteiger partial charge in [0, 0.05) is 12.0 Å². The summed E-state index contributed by atoms with van der Waals surface area (Å²) in [7, 11) is 0. The van der Waals surface area contributed by atoms with Gasteiger partial charge in [0.25, 0.3) is 0 Å². The zero-order valence-electron chi connectivity index (χ0n) is 6.76. The van der Waals surface area contributed by atoms with Crippen molar-refractivity contribution in [2.75, 3.05) is 5.75 Å². The van der Waals surface area contributed by atoms with Crippen LogP contribution in [0.2, 0.25) is 10.0 Å². The Labute approximate surface area is 92.4 Å². The highest BCUT2D eigenvalue weighted by Crippen LogP contribution is 2.23. The van der Waals surface area contributed by atoms with Gasteiger partial charge >= 0.3 is 0 Å². The molecule has 1 aromatic rings. The van der Waals surface area contributed by atoms with Gasteiger partial charge in [-0.2, -0.15) is 12.6 Å². The number of thiol groups is 1. The summed E-state index contributed by atoms with van der Waals surface area (Å²) in [6.07, 6.45) is 0.418. The van der Waals surface area contributed by atoms with Gasteiger partial charge in [0.1, 0.15) is 0 Å². The Bertz CT molecular complexity index is 325. The quantitative estimate of drug-likeness (QED) is 0.626. The van der Waals surface area contributed by atoms with Gasteiger partial charge in [-0.3, -0.25) is 4.79 Å². The Morgan fingerprint density at radius 3 is 2.54 bits per heavy atom. The van der Waals surface area contributed by atoms with E-state index in [1.807, 2.05) is 0 Å². The number of hydrogen-bond acceptors (Lipinski definition) is 2. The maximum absolute atomic E-state index is 11.4. The molecule has 0 radical (unpaired) electrons. The smallest absolute Gasteiger partial charge is 0.163 e. The van der Waals surface area contributed by atoms with E-state index in [0.29, 0.717) is 27.8 Å². The average molecular weight is 235 g/mol. The summed E-state index contributed by atoms with van der Waals surface area (Å²) in [5.74, 6) is 0.576. The van der Waals surface area contributed by atoms with E-state index in [1.54, 1.807) is 18.2 Å². The van der Waals surface area contributed by atoms with Crippen molar-refractivity contribution in [3.05, 3.63) is 33.8 Å². The Morgan fingerprint density at radius 1 is 1.31 bits per heavy atom. The Hall–Kier alpha value is -0.180. The number of carbonyl (C=O) groups is 1. The topological polar surface area (TPSA) is 17.1 Å². The largest absolute Gasteiger partial charge is 0.294 e. The molecule has 0 atom stereocenters. The van der Waals surface area contributed by atoms with E-state index in [0.717, 1.165) is 0 Å². The van der Waals surface area contributed by atoms with Crippen molar-refractivity contribution in [2.45, 2.75) is 6.42 Å². The average Bonchev–Trinajstić information content (AvgIpc) is 2.10. The highest BCUT2D eigenvalue weighted by molar-refractivity contribution is 7.80. The van der Waals surface area contributed by atoms with E-state index in [4.69, 9.17) is 23.2 Å². The number of ketones is 1. The van der Waals surface area contributed by atoms with E-state index < -0.39 is 0 Å². The Balaban J connectivity index is 2.90. The van der Waals surface area contributed by atoms with Crippen LogP contribution in [0.3, 0.4) is 0 Å². The second-order valence-corrected chi connectivity index (χ2v) is 3.79. The SMILES string of the molecule is O=C(CCS)c1ccc(Cl)c(Cl)c1. The molecule has 0 saturated carbocycles. The second kappa shape index (κ2) is 4.89. The number of rotatable bonds is 3. The van der Waals surface area contributed by atoms with Crippen LogP contribution in [0.25, 0.3) is 0 Å². The number of halogens is 2. The maximum atomic E-state index is 11.4. The number of benzene rings is 1. The summed E-state index contributed by atoms with van der Waals surface area (Å²) in [5, 5.41) is 0.871. The van der Waals surface area contributed by atoms with Crippen molar-refractivity contribution in [1.29, 1.82) is 0 Å². The first kappa shape index (κ1) is 10.9. The lowest BCUT2D eigenvalue weighted by Gasteiger charge is -2.00. The lowest BCUT2D eigenvalue weighted by Crippen LogP contribution is -1.99. The third-order valence-electron chi connectivity index (χ3n) is 1.58. The van der Waals surface area contributed by atoms with E-state index in [-0.39, 0.29) is 5.78 Å². The minimum absolute atomic E-state index is 0.0357. The normalized spacial score (nSPS) is 10.1. The highest BCUT2D eigenvalue weighted by Gasteiger charge is 2.06. The van der Waals surface area contributed by atoms with Gasteiger partial charge in [-0.05, 0) is 24.0 Å². The second-order valence-electron chi connectivity index (χ2n) is 2.53. The van der Waals surface area contributed by atoms with Gasteiger partial charge in [-0.25, -0.2) is 0 Å². The molecule has 0 spiro atoms. The third-order valence-corrected chi connectivity index (χ3v) is 2.54. The molecule has 0 aliphatic rings. The highest BCUT2D eigenvalue weighted by atomic mass is 35.5. The van der Waals surface area contributed by atoms with Gasteiger partial charge in [0.2, 0.25) is 0 Å². The molecule has 0 aromatic heterocycles. The zero-order valence-corrected chi connectivity index (χ0v) is 9.16. The molecular weight excluding hydrogens is 227 g/mol. The Kier molecular flexibility index (Phi) is 4.10. The molecular formula is C9H8Cl2OS. The molecule has 0 aliphatic heterocycles. The van der Waals surface area contributed by atoms with Crippen LogP contribution in [0.15, 0.2) is 18.2 Å². The van der Waals surface area contributed by atoms with Crippen LogP contribution in [-0.4, -0.2) is 11.5 Å². The molecule has 0 amide bonds. The Morgan fingerprint density at radius 2 is 2.00 bits per heavy atom. The molecule has 0 heterocycles. The van der Waals surface area contributed by atoms with Crippen molar-refractivity contribution >= 4 is 41.6 Å². The number of carbonyl (C=O) groups excluding carboxylic acids is 1. The molecule has 13 heavy (non-hydrogen) atoms. The van der Waals surface area contributed by atoms with Crippen LogP contribution in [-0.2, 0) is 0 Å². The van der Waals surface area contributed by atoms with E-state index in [9.17, 15) is 4.79 Å². The van der Waals surface area contributed by atoms with Crippen molar-refractivity contribution in [3.63, 3.8) is 0 Å². The van der Waals surface area contributed by atoms with Crippen molar-refractivity contribution in [3.8, 4) is 0 Å². The third kappa shape index (κ3) is 2.90. The van der Waals surface area contributed by atoms with Crippen LogP contribution in [0.1, 0.15) is 16.8 Å². The van der Waals surface area contributed by atoms with Crippen LogP contribution >= 0.6 is 35.8 Å². The number of Topliss-reactive ketones (excluding diaryl/α,β-unsaturated/α-hetero) is 1. The molecule has 0 bridgehead atoms. The molecule has 4 heteroatoms. The summed E-state index contributed by atoms with van der Waals surface area (Å²) in [6, 6.07) is 4.87. The molecule has 1 aromatic carbocycles. The predicted octanol–water partition coefficient (Wildman–Crippen LogP) is 3.50. The first-order valence-electron chi connectivity index (χ1n) is 3.74. The molecule has 70 valence electrons. The van der Waals surface area contributed by atoms with Gasteiger partial charge < -0.3 is 0 Å². The summed E-state index contributed by atoms with van der Waals surface area (Å²) in [4.78, 5) is 11.4. The standard InChI is InChI=1S/C9H8Cl2OS/c10-7-2-1-6(5-8(7)11)9(12)3-4-13/h1-2,5,13H,3-4H2. The molecule has 1 rings (SSSR count). The first-order chi connectivity index (χ1) is 6.15. The fourth-order valence-corrected chi connectivity index (χ4v) is 1.42. The summed E-state index contributed by atoms with van der Waals surface area (Å²) in [5.41, 5.74) is 0.587. The molecule has 1 nitrogen and oxygen atoms in total. The van der Waals surface area contributed by atoms with Crippen LogP contribution < -0.4 is 0 Å². The minimum Gasteiger partial charge on any atom is -0.294 e. The van der Waals surface area contributed by atoms with Gasteiger partial charge in [0.15, 0.2) is 5.78 Å². The molecule has 0 aliphatic carbocycles. The van der Waals surface area contributed by atoms with E-state index in [2.05, 4.69) is 12.6 Å². The lowest BCUT2D eigenvalue weighted by atomic mass is 10.1. The van der Waals surface area contributed by atoms with Gasteiger partial charge in [-0.1, -0.05) is 23.2 Å². The van der Waals surface area contributed by atoms with Crippen LogP contribution in [0, 0.1) is 0 Å². The zero-order chi connectivity index (χ0) is 9.84. The van der Waals surface area contributed by atoms with E-state index >= 15 is 0 Å². The lowest BCUT2D eigenvalue weighted by molar-refractivity contribution is 0.0989. The number of hydrogen-bond donors (Lipinski definition) is 1. The summed E-state index contributed by atoms with van der Waals surface area (Å²) < 4.78 is 0. The van der Waals surface area contributed by atoms with E-state index in [1.165, 1.54) is 0 Å². The fraction of sp³-hybridized carbons (Fsp3) is 0.222. The minimum atomic E-state index is 0.0357. The van der Waals surface area contributed by atoms with Crippen LogP contribution in [0.5, 0.6) is 0 Å². The summed E-state index contributed by atoms with van der Waals surface area (Å²) >= 11 is 15.4. The fourth-order valence-electron chi connectivity index (χ4n) is 0.915. The molecule has 0 unspecified atom stereocenters. The maximum Gasteiger partial charge on any atom is 0.163 e. The van der Waals surface area contributed by atoms with Crippen molar-refractivity contribution in [1.82, 2.24) is 0 Å². The summed E-state index contributed by atoms with van der Waals surface area (Å²) in [6.45, 7) is 0. The first-order valence-corrected chi connectivity index (χ1v) is 5.13. The van der Waals surface area contributed by atoms with Crippen molar-refractivity contribution in [2.24, 2.45) is 0 Å². The van der Waals surface area contributed by atoms with Gasteiger partial charge in [0.05, 0.1) is 10.0 Å². The van der Waals surface area contributed by atoms with Crippen LogP contribution in [0.4, 0.5) is 0 Å². The predicted molar refractivity (Wildman–Crippen MR) is 59.3 cm³/mol. The molecule has 0 N–H and O–H groups in total. The van der Waals surface area contributed by atoms with Gasteiger partial charge in [-0.15, -0.1) is 0 Å². The molecule has 0 saturated heterocycles. The van der Waals surface area contributed by atoms with Crippen molar-refractivity contribution < 1.29 is 4.79 Å².